The van der Waals surface area contributed by atoms with Crippen LogP contribution in [0, 0.1) is 5.92 Å². The van der Waals surface area contributed by atoms with Gasteiger partial charge in [0.05, 0.1) is 0 Å². The van der Waals surface area contributed by atoms with E-state index in [2.05, 4.69) is 28.3 Å². The lowest BCUT2D eigenvalue weighted by molar-refractivity contribution is 0.349. The monoisotopic (exact) mass is 246 g/mol. The summed E-state index contributed by atoms with van der Waals surface area (Å²) in [7, 11) is 4.81. The highest BCUT2D eigenvalue weighted by Crippen LogP contribution is 2.25. The van der Waals surface area contributed by atoms with E-state index in [9.17, 15) is 0 Å². The van der Waals surface area contributed by atoms with Gasteiger partial charge in [-0.15, -0.1) is 0 Å². The van der Waals surface area contributed by atoms with Gasteiger partial charge in [-0.2, -0.15) is 8.42 Å². The standard InChI is InChI=1S/C8H16.Cl2O2S/c1-2-8-6-4-3-5-7-8;1-5(2,3)4/h8H,2-7H2,1H3;. The van der Waals surface area contributed by atoms with Crippen molar-refractivity contribution in [1.29, 1.82) is 0 Å². The molecule has 0 N–H and O–H groups in total. The third-order valence-electron chi connectivity index (χ3n) is 2.30. The van der Waals surface area contributed by atoms with Crippen molar-refractivity contribution in [3.05, 3.63) is 0 Å². The van der Waals surface area contributed by atoms with Crippen LogP contribution in [0.3, 0.4) is 0 Å². The predicted molar refractivity (Wildman–Crippen MR) is 57.5 cm³/mol. The fourth-order valence-electron chi connectivity index (χ4n) is 1.60. The number of rotatable bonds is 1. The van der Waals surface area contributed by atoms with Gasteiger partial charge in [-0.3, -0.25) is 0 Å². The van der Waals surface area contributed by atoms with Crippen LogP contribution in [-0.2, 0) is 8.26 Å². The fraction of sp³-hybridized carbons (Fsp3) is 1.00. The average Bonchev–Trinajstić information content (AvgIpc) is 2.03. The SMILES string of the molecule is CCC1CCCCC1.O=S(=O)(Cl)Cl. The van der Waals surface area contributed by atoms with Gasteiger partial charge in [0.15, 0.2) is 0 Å². The molecule has 2 nitrogen and oxygen atoms in total. The molecule has 0 atom stereocenters. The Morgan fingerprint density at radius 1 is 1.15 bits per heavy atom. The molecule has 80 valence electrons. The molecular formula is C8H16Cl2O2S. The van der Waals surface area contributed by atoms with E-state index in [-0.39, 0.29) is 0 Å². The topological polar surface area (TPSA) is 34.1 Å². The zero-order valence-electron chi connectivity index (χ0n) is 7.80. The Bertz CT molecular complexity index is 200. The van der Waals surface area contributed by atoms with Crippen molar-refractivity contribution < 1.29 is 8.42 Å². The quantitative estimate of drug-likeness (QED) is 0.662. The highest BCUT2D eigenvalue weighted by Gasteiger charge is 2.09. The second-order valence-electron chi connectivity index (χ2n) is 3.29. The Morgan fingerprint density at radius 2 is 1.54 bits per heavy atom. The summed E-state index contributed by atoms with van der Waals surface area (Å²) in [6, 6.07) is 0. The summed E-state index contributed by atoms with van der Waals surface area (Å²) < 4.78 is 18.3. The fourth-order valence-corrected chi connectivity index (χ4v) is 1.60. The van der Waals surface area contributed by atoms with E-state index in [0.717, 1.165) is 5.92 Å². The summed E-state index contributed by atoms with van der Waals surface area (Å²) in [4.78, 5) is 0. The van der Waals surface area contributed by atoms with E-state index in [0.29, 0.717) is 0 Å². The zero-order valence-corrected chi connectivity index (χ0v) is 10.1. The van der Waals surface area contributed by atoms with Gasteiger partial charge in [0.25, 0.3) is 0 Å². The number of hydrogen-bond donors (Lipinski definition) is 0. The molecule has 0 spiro atoms. The lowest BCUT2D eigenvalue weighted by atomic mass is 9.88. The minimum Gasteiger partial charge on any atom is -0.195 e. The molecule has 0 bridgehead atoms. The number of halogens is 2. The second kappa shape index (κ2) is 6.91. The molecule has 0 amide bonds. The maximum atomic E-state index is 9.16. The van der Waals surface area contributed by atoms with Crippen LogP contribution in [0.2, 0.25) is 0 Å². The molecule has 1 fully saturated rings. The van der Waals surface area contributed by atoms with Crippen LogP contribution in [0.1, 0.15) is 45.4 Å². The molecule has 0 aromatic rings. The van der Waals surface area contributed by atoms with Crippen molar-refractivity contribution in [3.63, 3.8) is 0 Å². The summed E-state index contributed by atoms with van der Waals surface area (Å²) in [6.45, 7) is 2.32. The second-order valence-corrected chi connectivity index (χ2v) is 6.96. The van der Waals surface area contributed by atoms with E-state index in [1.807, 2.05) is 0 Å². The van der Waals surface area contributed by atoms with Crippen molar-refractivity contribution >= 4 is 29.6 Å². The van der Waals surface area contributed by atoms with Gasteiger partial charge in [-0.05, 0) is 5.92 Å². The summed E-state index contributed by atoms with van der Waals surface area (Å²) in [6.07, 6.45) is 8.93. The maximum Gasteiger partial charge on any atom is 0.317 e. The van der Waals surface area contributed by atoms with E-state index in [1.165, 1.54) is 38.5 Å². The van der Waals surface area contributed by atoms with Crippen LogP contribution < -0.4 is 0 Å². The molecule has 1 saturated carbocycles. The lowest BCUT2D eigenvalue weighted by Gasteiger charge is -2.18. The first-order chi connectivity index (χ1) is 5.93. The van der Waals surface area contributed by atoms with Crippen LogP contribution in [0.4, 0.5) is 0 Å². The molecule has 0 saturated heterocycles. The first kappa shape index (κ1) is 13.5. The van der Waals surface area contributed by atoms with Crippen molar-refractivity contribution in [3.8, 4) is 0 Å². The smallest absolute Gasteiger partial charge is 0.195 e. The Kier molecular flexibility index (Phi) is 7.19. The zero-order chi connectivity index (χ0) is 10.3. The van der Waals surface area contributed by atoms with Gasteiger partial charge in [0.1, 0.15) is 0 Å². The van der Waals surface area contributed by atoms with E-state index >= 15 is 0 Å². The van der Waals surface area contributed by atoms with Gasteiger partial charge in [0, 0.05) is 21.4 Å². The van der Waals surface area contributed by atoms with Crippen LogP contribution in [0.15, 0.2) is 0 Å². The maximum absolute atomic E-state index is 9.16. The third-order valence-corrected chi connectivity index (χ3v) is 2.30. The molecule has 1 aliphatic rings. The molecular weight excluding hydrogens is 231 g/mol. The summed E-state index contributed by atoms with van der Waals surface area (Å²) in [5.74, 6) is 1.09. The van der Waals surface area contributed by atoms with Crippen LogP contribution in [-0.4, -0.2) is 8.42 Å². The Balaban J connectivity index is 0.000000252. The molecule has 5 heteroatoms. The first-order valence-electron chi connectivity index (χ1n) is 4.57. The molecule has 13 heavy (non-hydrogen) atoms. The molecule has 0 aromatic heterocycles. The molecule has 0 radical (unpaired) electrons. The van der Waals surface area contributed by atoms with Gasteiger partial charge < -0.3 is 0 Å². The molecule has 0 aliphatic heterocycles. The van der Waals surface area contributed by atoms with Crippen molar-refractivity contribution in [2.45, 2.75) is 45.4 Å². The van der Waals surface area contributed by atoms with Crippen LogP contribution in [0.5, 0.6) is 0 Å². The molecule has 1 rings (SSSR count). The highest BCUT2D eigenvalue weighted by atomic mass is 36.0. The Morgan fingerprint density at radius 3 is 1.77 bits per heavy atom. The average molecular weight is 247 g/mol. The van der Waals surface area contributed by atoms with E-state index in [4.69, 9.17) is 8.42 Å². The molecule has 0 unspecified atom stereocenters. The summed E-state index contributed by atoms with van der Waals surface area (Å²) in [5.41, 5.74) is 0. The van der Waals surface area contributed by atoms with Crippen LogP contribution in [0.25, 0.3) is 0 Å². The van der Waals surface area contributed by atoms with Crippen molar-refractivity contribution in [1.82, 2.24) is 0 Å². The van der Waals surface area contributed by atoms with Gasteiger partial charge in [-0.1, -0.05) is 45.4 Å². The normalized spacial score (nSPS) is 19.0. The van der Waals surface area contributed by atoms with E-state index in [1.54, 1.807) is 0 Å². The van der Waals surface area contributed by atoms with Gasteiger partial charge in [-0.25, -0.2) is 0 Å². The minimum absolute atomic E-state index is 1.09. The summed E-state index contributed by atoms with van der Waals surface area (Å²) in [5, 5.41) is 0. The number of hydrogen-bond acceptors (Lipinski definition) is 2. The lowest BCUT2D eigenvalue weighted by Crippen LogP contribution is -2.03. The third kappa shape index (κ3) is 12.5. The Labute approximate surface area is 89.5 Å². The molecule has 0 heterocycles. The highest BCUT2D eigenvalue weighted by molar-refractivity contribution is 8.31. The Hall–Kier alpha value is 0.530. The van der Waals surface area contributed by atoms with Gasteiger partial charge in [0.2, 0.25) is 0 Å². The van der Waals surface area contributed by atoms with Crippen molar-refractivity contribution in [2.75, 3.05) is 0 Å². The van der Waals surface area contributed by atoms with E-state index < -0.39 is 8.26 Å². The largest absolute Gasteiger partial charge is 0.317 e. The van der Waals surface area contributed by atoms with Crippen LogP contribution >= 0.6 is 21.4 Å². The van der Waals surface area contributed by atoms with Gasteiger partial charge >= 0.3 is 8.26 Å². The van der Waals surface area contributed by atoms with Crippen molar-refractivity contribution in [2.24, 2.45) is 5.92 Å². The molecule has 1 aliphatic carbocycles. The summed E-state index contributed by atoms with van der Waals surface area (Å²) >= 11 is 0. The molecule has 0 aromatic carbocycles. The first-order valence-corrected chi connectivity index (χ1v) is 7.71. The predicted octanol–water partition coefficient (Wildman–Crippen LogP) is 3.69. The minimum atomic E-state index is -3.72.